The van der Waals surface area contributed by atoms with Crippen LogP contribution < -0.4 is 0 Å². The van der Waals surface area contributed by atoms with Crippen LogP contribution in [0.15, 0.2) is 48.3 Å². The summed E-state index contributed by atoms with van der Waals surface area (Å²) in [6, 6.07) is 2.11. The standard InChI is InChI=1S/C19H21N/c1-7-10-16(9-3)19-13-18(15(6)20-19)12-17(11-8-2)14(4)5/h2,9-10,12-13,20H,1,4,11H2,3,5-6H3/b16-9+,17-12+. The van der Waals surface area contributed by atoms with Gasteiger partial charge in [0.05, 0.1) is 0 Å². The van der Waals surface area contributed by atoms with Crippen molar-refractivity contribution in [3.8, 4) is 12.3 Å². The van der Waals surface area contributed by atoms with Crippen molar-refractivity contribution in [1.82, 2.24) is 4.98 Å². The first-order chi connectivity index (χ1) is 9.53. The topological polar surface area (TPSA) is 15.8 Å². The van der Waals surface area contributed by atoms with Gasteiger partial charge in [-0.25, -0.2) is 0 Å². The predicted octanol–water partition coefficient (Wildman–Crippen LogP) is 5.05. The molecule has 102 valence electrons. The molecule has 0 aliphatic carbocycles. The van der Waals surface area contributed by atoms with E-state index >= 15 is 0 Å². The molecule has 1 aromatic rings. The van der Waals surface area contributed by atoms with Crippen LogP contribution in [0.4, 0.5) is 0 Å². The highest BCUT2D eigenvalue weighted by molar-refractivity contribution is 5.74. The molecule has 1 rings (SSSR count). The third-order valence-electron chi connectivity index (χ3n) is 3.11. The minimum absolute atomic E-state index is 0.596. The second-order valence-electron chi connectivity index (χ2n) is 4.69. The van der Waals surface area contributed by atoms with E-state index in [2.05, 4.69) is 41.9 Å². The molecule has 0 radical (unpaired) electrons. The van der Waals surface area contributed by atoms with Crippen LogP contribution in [0.1, 0.15) is 37.2 Å². The lowest BCUT2D eigenvalue weighted by Crippen LogP contribution is -1.84. The summed E-state index contributed by atoms with van der Waals surface area (Å²) >= 11 is 0. The summed E-state index contributed by atoms with van der Waals surface area (Å²) in [4.78, 5) is 3.37. The number of aromatic amines is 1. The van der Waals surface area contributed by atoms with Gasteiger partial charge in [-0.2, -0.15) is 0 Å². The SMILES string of the molecule is C#CC/C(=C\c1cc(/C(C=C=C)=C/C)[nH]c1C)C(=C)C. The quantitative estimate of drug-likeness (QED) is 0.434. The number of allylic oxidation sites excluding steroid dienone is 5. The molecule has 1 heteroatoms. The van der Waals surface area contributed by atoms with Crippen LogP contribution in [-0.2, 0) is 0 Å². The average Bonchev–Trinajstić information content (AvgIpc) is 2.76. The van der Waals surface area contributed by atoms with E-state index in [1.165, 1.54) is 0 Å². The zero-order valence-corrected chi connectivity index (χ0v) is 12.5. The van der Waals surface area contributed by atoms with E-state index in [1.807, 2.05) is 32.9 Å². The monoisotopic (exact) mass is 263 g/mol. The summed E-state index contributed by atoms with van der Waals surface area (Å²) in [7, 11) is 0. The van der Waals surface area contributed by atoms with Crippen molar-refractivity contribution in [3.63, 3.8) is 0 Å². The fourth-order valence-electron chi connectivity index (χ4n) is 1.93. The molecule has 1 N–H and O–H groups in total. The molecule has 1 aromatic heterocycles. The lowest BCUT2D eigenvalue weighted by Gasteiger charge is -2.02. The summed E-state index contributed by atoms with van der Waals surface area (Å²) in [5, 5.41) is 0. The Balaban J connectivity index is 3.26. The number of nitrogens with one attached hydrogen (secondary N) is 1. The number of hydrogen-bond acceptors (Lipinski definition) is 0. The second-order valence-corrected chi connectivity index (χ2v) is 4.69. The number of rotatable bonds is 5. The number of terminal acetylenes is 1. The van der Waals surface area contributed by atoms with E-state index in [1.54, 1.807) is 0 Å². The molecule has 0 amide bonds. The first-order valence-electron chi connectivity index (χ1n) is 6.55. The zero-order valence-electron chi connectivity index (χ0n) is 12.5. The third kappa shape index (κ3) is 3.79. The molecule has 0 saturated heterocycles. The number of H-pyrrole nitrogens is 1. The molecule has 1 heterocycles. The lowest BCUT2D eigenvalue weighted by atomic mass is 10.0. The molecular weight excluding hydrogens is 242 g/mol. The van der Waals surface area contributed by atoms with Crippen LogP contribution in [-0.4, -0.2) is 4.98 Å². The first kappa shape index (κ1) is 15.6. The number of aromatic nitrogens is 1. The van der Waals surface area contributed by atoms with Crippen molar-refractivity contribution in [3.05, 3.63) is 65.2 Å². The van der Waals surface area contributed by atoms with Gasteiger partial charge in [0.25, 0.3) is 0 Å². The van der Waals surface area contributed by atoms with Gasteiger partial charge in [-0.3, -0.25) is 0 Å². The number of aryl methyl sites for hydroxylation is 1. The zero-order chi connectivity index (χ0) is 15.1. The Bertz CT molecular complexity index is 650. The molecule has 0 fully saturated rings. The fraction of sp³-hybridized carbons (Fsp3) is 0.211. The summed E-state index contributed by atoms with van der Waals surface area (Å²) in [5.74, 6) is 2.67. The highest BCUT2D eigenvalue weighted by atomic mass is 14.7. The largest absolute Gasteiger partial charge is 0.358 e. The van der Waals surface area contributed by atoms with E-state index in [0.29, 0.717) is 6.42 Å². The van der Waals surface area contributed by atoms with Crippen molar-refractivity contribution in [1.29, 1.82) is 0 Å². The van der Waals surface area contributed by atoms with E-state index in [-0.39, 0.29) is 0 Å². The molecule has 0 atom stereocenters. The van der Waals surface area contributed by atoms with Crippen LogP contribution in [0.5, 0.6) is 0 Å². The molecule has 0 aliphatic rings. The van der Waals surface area contributed by atoms with Crippen molar-refractivity contribution < 1.29 is 0 Å². The van der Waals surface area contributed by atoms with Crippen molar-refractivity contribution in [2.24, 2.45) is 0 Å². The van der Waals surface area contributed by atoms with Gasteiger partial charge in [-0.05, 0) is 50.1 Å². The molecule has 0 aromatic carbocycles. The Labute approximate surface area is 122 Å². The van der Waals surface area contributed by atoms with Crippen molar-refractivity contribution in [2.75, 3.05) is 0 Å². The minimum Gasteiger partial charge on any atom is -0.358 e. The molecule has 1 nitrogen and oxygen atoms in total. The van der Waals surface area contributed by atoms with E-state index in [9.17, 15) is 0 Å². The third-order valence-corrected chi connectivity index (χ3v) is 3.11. The minimum atomic E-state index is 0.596. The molecule has 0 aliphatic heterocycles. The Morgan fingerprint density at radius 3 is 2.70 bits per heavy atom. The van der Waals surface area contributed by atoms with E-state index in [0.717, 1.165) is 33.7 Å². The Morgan fingerprint density at radius 2 is 2.20 bits per heavy atom. The van der Waals surface area contributed by atoms with Gasteiger partial charge in [0, 0.05) is 23.4 Å². The smallest absolute Gasteiger partial charge is 0.0465 e. The van der Waals surface area contributed by atoms with Gasteiger partial charge in [-0.15, -0.1) is 18.1 Å². The van der Waals surface area contributed by atoms with Gasteiger partial charge in [-0.1, -0.05) is 24.8 Å². The van der Waals surface area contributed by atoms with Gasteiger partial charge in [0.15, 0.2) is 0 Å². The van der Waals surface area contributed by atoms with Crippen LogP contribution in [0.25, 0.3) is 11.6 Å². The van der Waals surface area contributed by atoms with Gasteiger partial charge >= 0.3 is 0 Å². The summed E-state index contributed by atoms with van der Waals surface area (Å²) in [6.45, 7) is 13.6. The normalized spacial score (nSPS) is 11.7. The summed E-state index contributed by atoms with van der Waals surface area (Å²) < 4.78 is 0. The molecule has 0 saturated carbocycles. The highest BCUT2D eigenvalue weighted by Crippen LogP contribution is 2.23. The molecular formula is C19H21N. The van der Waals surface area contributed by atoms with Crippen LogP contribution in [0.2, 0.25) is 0 Å². The predicted molar refractivity (Wildman–Crippen MR) is 89.1 cm³/mol. The molecule has 20 heavy (non-hydrogen) atoms. The van der Waals surface area contributed by atoms with E-state index < -0.39 is 0 Å². The van der Waals surface area contributed by atoms with Gasteiger partial charge < -0.3 is 4.98 Å². The van der Waals surface area contributed by atoms with Crippen LogP contribution in [0.3, 0.4) is 0 Å². The Morgan fingerprint density at radius 1 is 1.50 bits per heavy atom. The van der Waals surface area contributed by atoms with E-state index in [4.69, 9.17) is 6.42 Å². The van der Waals surface area contributed by atoms with Crippen molar-refractivity contribution in [2.45, 2.75) is 27.2 Å². The van der Waals surface area contributed by atoms with Crippen LogP contribution >= 0.6 is 0 Å². The summed E-state index contributed by atoms with van der Waals surface area (Å²) in [5.41, 5.74) is 9.24. The lowest BCUT2D eigenvalue weighted by molar-refractivity contribution is 1.23. The van der Waals surface area contributed by atoms with Gasteiger partial charge in [0.1, 0.15) is 0 Å². The molecule has 0 bridgehead atoms. The second kappa shape index (κ2) is 7.24. The maximum Gasteiger partial charge on any atom is 0.0465 e. The average molecular weight is 263 g/mol. The van der Waals surface area contributed by atoms with Gasteiger partial charge in [0.2, 0.25) is 0 Å². The first-order valence-corrected chi connectivity index (χ1v) is 6.55. The highest BCUT2D eigenvalue weighted by Gasteiger charge is 2.06. The summed E-state index contributed by atoms with van der Waals surface area (Å²) in [6.07, 6.45) is 12.0. The molecule has 0 spiro atoms. The van der Waals surface area contributed by atoms with Crippen LogP contribution in [0, 0.1) is 19.3 Å². The number of hydrogen-bond donors (Lipinski definition) is 1. The Kier molecular flexibility index (Phi) is 5.66. The Hall–Kier alpha value is -2.42. The molecule has 0 unspecified atom stereocenters. The van der Waals surface area contributed by atoms with Crippen molar-refractivity contribution >= 4 is 11.6 Å². The maximum absolute atomic E-state index is 5.40. The maximum atomic E-state index is 5.40. The fourth-order valence-corrected chi connectivity index (χ4v) is 1.93.